The minimum Gasteiger partial charge on any atom is -0.464 e. The van der Waals surface area contributed by atoms with Crippen LogP contribution in [-0.2, 0) is 11.3 Å². The molecule has 1 aromatic heterocycles. The van der Waals surface area contributed by atoms with Gasteiger partial charge in [-0.15, -0.1) is 0 Å². The van der Waals surface area contributed by atoms with Gasteiger partial charge in [0.25, 0.3) is 0 Å². The van der Waals surface area contributed by atoms with Gasteiger partial charge in [0.15, 0.2) is 0 Å². The smallest absolute Gasteiger partial charge is 0.227 e. The number of amides is 1. The Kier molecular flexibility index (Phi) is 3.52. The molecule has 0 aliphatic carbocycles. The summed E-state index contributed by atoms with van der Waals surface area (Å²) in [7, 11) is 1.84. The lowest BCUT2D eigenvalue weighted by Crippen LogP contribution is -2.35. The predicted octanol–water partition coefficient (Wildman–Crippen LogP) is 1.40. The van der Waals surface area contributed by atoms with Gasteiger partial charge >= 0.3 is 0 Å². The first-order chi connectivity index (χ1) is 8.08. The fourth-order valence-electron chi connectivity index (χ4n) is 2.31. The highest BCUT2D eigenvalue weighted by Crippen LogP contribution is 2.19. The van der Waals surface area contributed by atoms with E-state index in [-0.39, 0.29) is 11.8 Å². The molecule has 2 atom stereocenters. The Balaban J connectivity index is 1.95. The van der Waals surface area contributed by atoms with E-state index in [9.17, 15) is 4.79 Å². The second kappa shape index (κ2) is 4.92. The van der Waals surface area contributed by atoms with Crippen molar-refractivity contribution in [1.29, 1.82) is 0 Å². The molecule has 0 saturated carbocycles. The zero-order valence-electron chi connectivity index (χ0n) is 10.7. The molecule has 1 amide bonds. The van der Waals surface area contributed by atoms with Gasteiger partial charge in [-0.2, -0.15) is 0 Å². The number of nitrogens with zero attached hydrogens (tertiary/aromatic N) is 1. The molecule has 4 heteroatoms. The van der Waals surface area contributed by atoms with Crippen molar-refractivity contribution < 1.29 is 9.21 Å². The molecule has 1 N–H and O–H groups in total. The van der Waals surface area contributed by atoms with Crippen LogP contribution in [0, 0.1) is 18.8 Å². The van der Waals surface area contributed by atoms with E-state index in [1.807, 2.05) is 26.1 Å². The molecular weight excluding hydrogens is 216 g/mol. The van der Waals surface area contributed by atoms with Gasteiger partial charge in [-0.05, 0) is 31.5 Å². The van der Waals surface area contributed by atoms with Crippen LogP contribution in [0.2, 0.25) is 0 Å². The minimum atomic E-state index is 0.107. The number of carbonyl (C=O) groups is 1. The van der Waals surface area contributed by atoms with E-state index in [1.54, 1.807) is 4.90 Å². The van der Waals surface area contributed by atoms with Crippen LogP contribution in [0.15, 0.2) is 16.5 Å². The monoisotopic (exact) mass is 236 g/mol. The zero-order valence-corrected chi connectivity index (χ0v) is 10.7. The molecule has 0 aromatic carbocycles. The lowest BCUT2D eigenvalue weighted by Gasteiger charge is -2.22. The van der Waals surface area contributed by atoms with Gasteiger partial charge in [0.1, 0.15) is 11.5 Å². The van der Waals surface area contributed by atoms with Crippen LogP contribution < -0.4 is 5.32 Å². The van der Waals surface area contributed by atoms with Crippen molar-refractivity contribution in [2.45, 2.75) is 20.4 Å². The van der Waals surface area contributed by atoms with Crippen molar-refractivity contribution in [3.05, 3.63) is 23.7 Å². The topological polar surface area (TPSA) is 45.5 Å². The van der Waals surface area contributed by atoms with Gasteiger partial charge in [-0.3, -0.25) is 4.79 Å². The number of furan rings is 1. The standard InChI is InChI=1S/C13H20N2O2/c1-9-6-14-7-12(9)13(16)15(3)8-11-5-4-10(2)17-11/h4-5,9,12,14H,6-8H2,1-3H3/t9-,12-/m1/s1. The maximum atomic E-state index is 12.2. The van der Waals surface area contributed by atoms with Crippen LogP contribution in [0.5, 0.6) is 0 Å². The molecule has 1 aliphatic heterocycles. The molecule has 0 radical (unpaired) electrons. The van der Waals surface area contributed by atoms with Gasteiger partial charge in [0.05, 0.1) is 12.5 Å². The summed E-state index contributed by atoms with van der Waals surface area (Å²) in [5.74, 6) is 2.46. The molecule has 0 spiro atoms. The van der Waals surface area contributed by atoms with Crippen molar-refractivity contribution >= 4 is 5.91 Å². The molecule has 1 aromatic rings. The largest absolute Gasteiger partial charge is 0.464 e. The van der Waals surface area contributed by atoms with E-state index >= 15 is 0 Å². The highest BCUT2D eigenvalue weighted by molar-refractivity contribution is 5.79. The third kappa shape index (κ3) is 2.69. The average molecular weight is 236 g/mol. The second-order valence-electron chi connectivity index (χ2n) is 4.95. The van der Waals surface area contributed by atoms with Crippen LogP contribution >= 0.6 is 0 Å². The summed E-state index contributed by atoms with van der Waals surface area (Å²) in [5, 5.41) is 3.25. The Morgan fingerprint density at radius 1 is 1.53 bits per heavy atom. The Morgan fingerprint density at radius 3 is 2.82 bits per heavy atom. The minimum absolute atomic E-state index is 0.107. The van der Waals surface area contributed by atoms with Crippen LogP contribution in [0.3, 0.4) is 0 Å². The van der Waals surface area contributed by atoms with Crippen molar-refractivity contribution in [2.75, 3.05) is 20.1 Å². The molecule has 94 valence electrons. The highest BCUT2D eigenvalue weighted by atomic mass is 16.3. The summed E-state index contributed by atoms with van der Waals surface area (Å²) in [6.07, 6.45) is 0. The summed E-state index contributed by atoms with van der Waals surface area (Å²) in [5.41, 5.74) is 0. The van der Waals surface area contributed by atoms with Gasteiger partial charge < -0.3 is 14.6 Å². The fourth-order valence-corrected chi connectivity index (χ4v) is 2.31. The van der Waals surface area contributed by atoms with Crippen LogP contribution in [-0.4, -0.2) is 30.9 Å². The number of aryl methyl sites for hydroxylation is 1. The van der Waals surface area contributed by atoms with E-state index in [4.69, 9.17) is 4.42 Å². The fraction of sp³-hybridized carbons (Fsp3) is 0.615. The number of nitrogens with one attached hydrogen (secondary N) is 1. The van der Waals surface area contributed by atoms with Gasteiger partial charge in [-0.1, -0.05) is 6.92 Å². The number of rotatable bonds is 3. The van der Waals surface area contributed by atoms with E-state index in [2.05, 4.69) is 12.2 Å². The van der Waals surface area contributed by atoms with Crippen LogP contribution in [0.1, 0.15) is 18.4 Å². The second-order valence-corrected chi connectivity index (χ2v) is 4.95. The maximum Gasteiger partial charge on any atom is 0.227 e. The number of hydrogen-bond acceptors (Lipinski definition) is 3. The van der Waals surface area contributed by atoms with Crippen LogP contribution in [0.4, 0.5) is 0 Å². The van der Waals surface area contributed by atoms with E-state index in [0.29, 0.717) is 12.5 Å². The Hall–Kier alpha value is -1.29. The zero-order chi connectivity index (χ0) is 12.4. The van der Waals surface area contributed by atoms with E-state index in [1.165, 1.54) is 0 Å². The quantitative estimate of drug-likeness (QED) is 0.863. The molecule has 1 aliphatic rings. The summed E-state index contributed by atoms with van der Waals surface area (Å²) >= 11 is 0. The maximum absolute atomic E-state index is 12.2. The third-order valence-electron chi connectivity index (χ3n) is 3.40. The Labute approximate surface area is 102 Å². The van der Waals surface area contributed by atoms with Crippen molar-refractivity contribution in [1.82, 2.24) is 10.2 Å². The summed E-state index contributed by atoms with van der Waals surface area (Å²) in [4.78, 5) is 14.0. The number of carbonyl (C=O) groups excluding carboxylic acids is 1. The molecule has 4 nitrogen and oxygen atoms in total. The Bertz CT molecular complexity index is 400. The molecule has 2 heterocycles. The highest BCUT2D eigenvalue weighted by Gasteiger charge is 2.31. The van der Waals surface area contributed by atoms with Gasteiger partial charge in [-0.25, -0.2) is 0 Å². The summed E-state index contributed by atoms with van der Waals surface area (Å²) in [6, 6.07) is 3.85. The molecule has 1 saturated heterocycles. The normalized spacial score (nSPS) is 23.9. The Morgan fingerprint density at radius 2 is 2.29 bits per heavy atom. The average Bonchev–Trinajstić information content (AvgIpc) is 2.86. The summed E-state index contributed by atoms with van der Waals surface area (Å²) < 4.78 is 5.48. The van der Waals surface area contributed by atoms with Gasteiger partial charge in [0.2, 0.25) is 5.91 Å². The van der Waals surface area contributed by atoms with Crippen LogP contribution in [0.25, 0.3) is 0 Å². The number of hydrogen-bond donors (Lipinski definition) is 1. The van der Waals surface area contributed by atoms with Gasteiger partial charge in [0, 0.05) is 13.6 Å². The first kappa shape index (κ1) is 12.2. The van der Waals surface area contributed by atoms with E-state index < -0.39 is 0 Å². The van der Waals surface area contributed by atoms with Crippen molar-refractivity contribution in [3.8, 4) is 0 Å². The van der Waals surface area contributed by atoms with E-state index in [0.717, 1.165) is 24.6 Å². The first-order valence-electron chi connectivity index (χ1n) is 6.09. The molecule has 0 unspecified atom stereocenters. The molecule has 2 rings (SSSR count). The predicted molar refractivity (Wildman–Crippen MR) is 65.4 cm³/mol. The third-order valence-corrected chi connectivity index (χ3v) is 3.40. The molecule has 17 heavy (non-hydrogen) atoms. The first-order valence-corrected chi connectivity index (χ1v) is 6.09. The summed E-state index contributed by atoms with van der Waals surface area (Å²) in [6.45, 7) is 6.31. The molecule has 0 bridgehead atoms. The van der Waals surface area contributed by atoms with Crippen molar-refractivity contribution in [2.24, 2.45) is 11.8 Å². The molecule has 1 fully saturated rings. The van der Waals surface area contributed by atoms with Crippen molar-refractivity contribution in [3.63, 3.8) is 0 Å². The lowest BCUT2D eigenvalue weighted by atomic mass is 9.97. The lowest BCUT2D eigenvalue weighted by molar-refractivity contribution is -0.135. The SMILES string of the molecule is Cc1ccc(CN(C)C(=O)[C@@H]2CNC[C@H]2C)o1. The molecular formula is C13H20N2O2.